The van der Waals surface area contributed by atoms with Crippen molar-refractivity contribution in [3.63, 3.8) is 0 Å². The van der Waals surface area contributed by atoms with Gasteiger partial charge in [-0.1, -0.05) is 6.07 Å². The Morgan fingerprint density at radius 3 is 2.31 bits per heavy atom. The molecule has 4 nitrogen and oxygen atoms in total. The van der Waals surface area contributed by atoms with Crippen LogP contribution in [0.25, 0.3) is 0 Å². The highest BCUT2D eigenvalue weighted by atomic mass is 16.5. The number of ether oxygens (including phenoxy) is 1. The molecule has 2 N–H and O–H groups in total. The number of hydrogen-bond acceptors (Lipinski definition) is 4. The number of hydrogen-bond donors (Lipinski definition) is 2. The largest absolute Gasteiger partial charge is 0.488 e. The fourth-order valence-corrected chi connectivity index (χ4v) is 1.28. The van der Waals surface area contributed by atoms with E-state index >= 15 is 0 Å². The number of carbonyl (C=O) groups excluding carboxylic acids is 1. The third kappa shape index (κ3) is 3.68. The lowest BCUT2D eigenvalue weighted by Crippen LogP contribution is -2.31. The van der Waals surface area contributed by atoms with Gasteiger partial charge >= 0.3 is 7.12 Å². The van der Waals surface area contributed by atoms with Gasteiger partial charge in [0.05, 0.1) is 0 Å². The van der Waals surface area contributed by atoms with E-state index in [-0.39, 0.29) is 5.46 Å². The summed E-state index contributed by atoms with van der Waals surface area (Å²) < 4.78 is 5.55. The normalized spacial score (nSPS) is 11.1. The standard InChI is InChI=1S/C11H15BO4/c1-11(2,3)16-10-5-8(7-13)4-9(6-10)12(14)15/h4-7,14-15H,1-3H3. The third-order valence-electron chi connectivity index (χ3n) is 1.81. The van der Waals surface area contributed by atoms with Gasteiger partial charge in [0.15, 0.2) is 0 Å². The summed E-state index contributed by atoms with van der Waals surface area (Å²) in [7, 11) is -1.61. The maximum Gasteiger partial charge on any atom is 0.488 e. The minimum absolute atomic E-state index is 0.240. The lowest BCUT2D eigenvalue weighted by molar-refractivity contribution is 0.111. The molecule has 0 bridgehead atoms. The zero-order chi connectivity index (χ0) is 12.3. The topological polar surface area (TPSA) is 66.8 Å². The molecule has 0 amide bonds. The van der Waals surface area contributed by atoms with Crippen molar-refractivity contribution >= 4 is 18.9 Å². The van der Waals surface area contributed by atoms with Gasteiger partial charge in [0, 0.05) is 5.56 Å². The molecule has 16 heavy (non-hydrogen) atoms. The minimum atomic E-state index is -1.61. The SMILES string of the molecule is CC(C)(C)Oc1cc(C=O)cc(B(O)O)c1. The second-order valence-corrected chi connectivity index (χ2v) is 4.54. The monoisotopic (exact) mass is 222 g/mol. The van der Waals surface area contributed by atoms with Crippen molar-refractivity contribution in [2.45, 2.75) is 26.4 Å². The highest BCUT2D eigenvalue weighted by Gasteiger charge is 2.17. The van der Waals surface area contributed by atoms with Crippen molar-refractivity contribution in [3.05, 3.63) is 23.8 Å². The van der Waals surface area contributed by atoms with Gasteiger partial charge in [0.2, 0.25) is 0 Å². The molecule has 0 aliphatic carbocycles. The van der Waals surface area contributed by atoms with Crippen LogP contribution in [0.2, 0.25) is 0 Å². The average Bonchev–Trinajstić information content (AvgIpc) is 2.14. The van der Waals surface area contributed by atoms with Gasteiger partial charge in [-0.15, -0.1) is 0 Å². The molecule has 0 unspecified atom stereocenters. The molecule has 86 valence electrons. The van der Waals surface area contributed by atoms with Crippen molar-refractivity contribution in [3.8, 4) is 5.75 Å². The highest BCUT2D eigenvalue weighted by molar-refractivity contribution is 6.58. The second kappa shape index (κ2) is 4.68. The first-order valence-corrected chi connectivity index (χ1v) is 4.97. The maximum atomic E-state index is 10.7. The molecule has 1 aromatic carbocycles. The van der Waals surface area contributed by atoms with Crippen molar-refractivity contribution < 1.29 is 19.6 Å². The van der Waals surface area contributed by atoms with E-state index < -0.39 is 12.7 Å². The third-order valence-corrected chi connectivity index (χ3v) is 1.81. The number of carbonyl (C=O) groups is 1. The van der Waals surface area contributed by atoms with Crippen LogP contribution in [0.4, 0.5) is 0 Å². The Kier molecular flexibility index (Phi) is 3.72. The van der Waals surface area contributed by atoms with E-state index in [0.29, 0.717) is 17.6 Å². The summed E-state index contributed by atoms with van der Waals surface area (Å²) >= 11 is 0. The number of benzene rings is 1. The van der Waals surface area contributed by atoms with Crippen LogP contribution in [-0.4, -0.2) is 29.1 Å². The summed E-state index contributed by atoms with van der Waals surface area (Å²) in [5, 5.41) is 18.1. The molecule has 0 heterocycles. The lowest BCUT2D eigenvalue weighted by Gasteiger charge is -2.22. The summed E-state index contributed by atoms with van der Waals surface area (Å²) in [6.45, 7) is 5.61. The van der Waals surface area contributed by atoms with Gasteiger partial charge in [-0.3, -0.25) is 4.79 Å². The fraction of sp³-hybridized carbons (Fsp3) is 0.364. The molecule has 0 radical (unpaired) electrons. The Bertz CT molecular complexity index is 382. The number of aldehydes is 1. The van der Waals surface area contributed by atoms with Gasteiger partial charge < -0.3 is 14.8 Å². The number of rotatable bonds is 3. The molecule has 0 aliphatic rings. The molecule has 0 fully saturated rings. The van der Waals surface area contributed by atoms with Crippen LogP contribution in [0.1, 0.15) is 31.1 Å². The molecule has 0 saturated heterocycles. The molecule has 1 rings (SSSR count). The quantitative estimate of drug-likeness (QED) is 0.572. The predicted octanol–water partition coefficient (Wildman–Crippen LogP) is 0.356. The van der Waals surface area contributed by atoms with Crippen LogP contribution in [0, 0.1) is 0 Å². The molecular formula is C11H15BO4. The van der Waals surface area contributed by atoms with Gasteiger partial charge in [-0.25, -0.2) is 0 Å². The predicted molar refractivity (Wildman–Crippen MR) is 62.0 cm³/mol. The van der Waals surface area contributed by atoms with Gasteiger partial charge in [-0.2, -0.15) is 0 Å². The Morgan fingerprint density at radius 1 is 1.25 bits per heavy atom. The van der Waals surface area contributed by atoms with E-state index in [2.05, 4.69) is 0 Å². The summed E-state index contributed by atoms with van der Waals surface area (Å²) in [5.74, 6) is 0.445. The second-order valence-electron chi connectivity index (χ2n) is 4.54. The molecule has 1 aromatic rings. The van der Waals surface area contributed by atoms with Crippen LogP contribution in [0.5, 0.6) is 5.75 Å². The van der Waals surface area contributed by atoms with Crippen LogP contribution in [0.15, 0.2) is 18.2 Å². The van der Waals surface area contributed by atoms with Crippen LogP contribution in [0.3, 0.4) is 0 Å². The van der Waals surface area contributed by atoms with E-state index in [1.54, 1.807) is 6.07 Å². The van der Waals surface area contributed by atoms with Gasteiger partial charge in [-0.05, 0) is 38.4 Å². The zero-order valence-electron chi connectivity index (χ0n) is 9.60. The first kappa shape index (κ1) is 12.7. The van der Waals surface area contributed by atoms with Crippen molar-refractivity contribution in [1.82, 2.24) is 0 Å². The molecule has 5 heteroatoms. The van der Waals surface area contributed by atoms with E-state index in [9.17, 15) is 4.79 Å². The van der Waals surface area contributed by atoms with Crippen molar-refractivity contribution in [2.24, 2.45) is 0 Å². The Morgan fingerprint density at radius 2 is 1.88 bits per heavy atom. The molecular weight excluding hydrogens is 207 g/mol. The summed E-state index contributed by atoms with van der Waals surface area (Å²) in [6.07, 6.45) is 0.640. The summed E-state index contributed by atoms with van der Waals surface area (Å²) in [5.41, 5.74) is 0.188. The van der Waals surface area contributed by atoms with Gasteiger partial charge in [0.1, 0.15) is 17.6 Å². The fourth-order valence-electron chi connectivity index (χ4n) is 1.28. The molecule has 0 aliphatic heterocycles. The molecule has 0 spiro atoms. The van der Waals surface area contributed by atoms with E-state index in [4.69, 9.17) is 14.8 Å². The maximum absolute atomic E-state index is 10.7. The van der Waals surface area contributed by atoms with Crippen LogP contribution < -0.4 is 10.2 Å². The smallest absolute Gasteiger partial charge is 0.488 e. The summed E-state index contributed by atoms with van der Waals surface area (Å²) in [4.78, 5) is 10.7. The van der Waals surface area contributed by atoms with E-state index in [1.165, 1.54) is 12.1 Å². The average molecular weight is 222 g/mol. The first-order chi connectivity index (χ1) is 7.31. The highest BCUT2D eigenvalue weighted by Crippen LogP contribution is 2.17. The van der Waals surface area contributed by atoms with Crippen LogP contribution in [-0.2, 0) is 0 Å². The van der Waals surface area contributed by atoms with Crippen molar-refractivity contribution in [1.29, 1.82) is 0 Å². The van der Waals surface area contributed by atoms with Gasteiger partial charge in [0.25, 0.3) is 0 Å². The Hall–Kier alpha value is -1.33. The summed E-state index contributed by atoms with van der Waals surface area (Å²) in [6, 6.07) is 4.47. The van der Waals surface area contributed by atoms with Crippen molar-refractivity contribution in [2.75, 3.05) is 0 Å². The van der Waals surface area contributed by atoms with Crippen LogP contribution >= 0.6 is 0 Å². The minimum Gasteiger partial charge on any atom is -0.488 e. The zero-order valence-corrected chi connectivity index (χ0v) is 9.60. The Labute approximate surface area is 95.0 Å². The van der Waals surface area contributed by atoms with E-state index in [0.717, 1.165) is 0 Å². The molecule has 0 atom stereocenters. The first-order valence-electron chi connectivity index (χ1n) is 4.97. The Balaban J connectivity index is 3.09. The molecule has 0 aromatic heterocycles. The van der Waals surface area contributed by atoms with E-state index in [1.807, 2.05) is 20.8 Å². The lowest BCUT2D eigenvalue weighted by atomic mass is 9.79. The molecule has 0 saturated carbocycles.